The highest BCUT2D eigenvalue weighted by Crippen LogP contribution is 2.47. The number of aryl methyl sites for hydroxylation is 1. The molecule has 5 nitrogen and oxygen atoms in total. The molecule has 2 atom stereocenters. The number of carbonyl (C=O) groups excluding carboxylic acids is 2. The lowest BCUT2D eigenvalue weighted by Gasteiger charge is -2.29. The third kappa shape index (κ3) is 4.25. The number of nitrogens with zero attached hydrogens (tertiary/aromatic N) is 1. The van der Waals surface area contributed by atoms with Crippen LogP contribution in [-0.4, -0.2) is 26.0 Å². The monoisotopic (exact) mass is 495 g/mol. The molecule has 0 spiro atoms. The second-order valence-corrected chi connectivity index (χ2v) is 10.8. The van der Waals surface area contributed by atoms with Crippen LogP contribution in [0.25, 0.3) is 0 Å². The molecule has 180 valence electrons. The van der Waals surface area contributed by atoms with Crippen LogP contribution in [0.1, 0.15) is 44.2 Å². The third-order valence-corrected chi connectivity index (χ3v) is 8.42. The molecule has 36 heavy (non-hydrogen) atoms. The summed E-state index contributed by atoms with van der Waals surface area (Å²) in [6, 6.07) is 30.1. The Morgan fingerprint density at radius 1 is 0.722 bits per heavy atom. The summed E-state index contributed by atoms with van der Waals surface area (Å²) in [5, 5.41) is 0. The minimum absolute atomic E-state index is 0.00415. The fourth-order valence-electron chi connectivity index (χ4n) is 4.81. The molecule has 0 saturated heterocycles. The first-order valence-electron chi connectivity index (χ1n) is 11.8. The van der Waals surface area contributed by atoms with Gasteiger partial charge in [0, 0.05) is 23.5 Å². The highest BCUT2D eigenvalue weighted by atomic mass is 32.2. The maximum Gasteiger partial charge on any atom is 0.265 e. The number of sulfonamides is 1. The zero-order valence-corrected chi connectivity index (χ0v) is 20.6. The molecule has 0 saturated carbocycles. The molecule has 4 aromatic carbocycles. The quantitative estimate of drug-likeness (QED) is 0.303. The van der Waals surface area contributed by atoms with Gasteiger partial charge in [0.15, 0.2) is 11.6 Å². The second-order valence-electron chi connectivity index (χ2n) is 8.95. The van der Waals surface area contributed by atoms with E-state index in [1.54, 1.807) is 91.0 Å². The SMILES string of the molecule is Cc1ccc(S(=O)(=O)N2c3ccccc3[C@@H](CC(=O)c3ccccc3)[C@H]2C(=O)c2ccccc2)cc1. The zero-order chi connectivity index (χ0) is 25.3. The van der Waals surface area contributed by atoms with Gasteiger partial charge in [-0.15, -0.1) is 0 Å². The molecule has 0 radical (unpaired) electrons. The Labute approximate surface area is 211 Å². The molecule has 0 amide bonds. The van der Waals surface area contributed by atoms with E-state index in [1.807, 2.05) is 25.1 Å². The van der Waals surface area contributed by atoms with Crippen molar-refractivity contribution in [3.05, 3.63) is 131 Å². The number of rotatable bonds is 7. The van der Waals surface area contributed by atoms with Gasteiger partial charge in [-0.05, 0) is 30.7 Å². The number of carbonyl (C=O) groups is 2. The molecule has 0 N–H and O–H groups in total. The van der Waals surface area contributed by atoms with Crippen molar-refractivity contribution in [3.8, 4) is 0 Å². The number of ketones is 2. The Morgan fingerprint density at radius 2 is 1.28 bits per heavy atom. The van der Waals surface area contributed by atoms with E-state index in [-0.39, 0.29) is 22.9 Å². The van der Waals surface area contributed by atoms with E-state index in [1.165, 1.54) is 4.31 Å². The van der Waals surface area contributed by atoms with E-state index in [9.17, 15) is 18.0 Å². The minimum atomic E-state index is -4.10. The topological polar surface area (TPSA) is 71.5 Å². The lowest BCUT2D eigenvalue weighted by atomic mass is 9.85. The largest absolute Gasteiger partial charge is 0.294 e. The summed E-state index contributed by atoms with van der Waals surface area (Å²) in [5.74, 6) is -1.12. The van der Waals surface area contributed by atoms with Crippen LogP contribution in [-0.2, 0) is 10.0 Å². The van der Waals surface area contributed by atoms with Crippen molar-refractivity contribution in [1.82, 2.24) is 0 Å². The van der Waals surface area contributed by atoms with Gasteiger partial charge in [0.2, 0.25) is 0 Å². The van der Waals surface area contributed by atoms with Gasteiger partial charge in [-0.2, -0.15) is 0 Å². The first-order valence-corrected chi connectivity index (χ1v) is 13.2. The van der Waals surface area contributed by atoms with Gasteiger partial charge >= 0.3 is 0 Å². The number of hydrogen-bond acceptors (Lipinski definition) is 4. The lowest BCUT2D eigenvalue weighted by molar-refractivity contribution is 0.0930. The molecule has 1 heterocycles. The number of Topliss-reactive ketones (excluding diaryl/α,β-unsaturated/α-hetero) is 2. The van der Waals surface area contributed by atoms with Gasteiger partial charge in [-0.1, -0.05) is 96.6 Å². The Hall–Kier alpha value is -4.03. The molecule has 0 aliphatic carbocycles. The highest BCUT2D eigenvalue weighted by molar-refractivity contribution is 7.93. The van der Waals surface area contributed by atoms with Gasteiger partial charge < -0.3 is 0 Å². The van der Waals surface area contributed by atoms with Gasteiger partial charge in [0.05, 0.1) is 10.6 Å². The van der Waals surface area contributed by atoms with E-state index in [4.69, 9.17) is 0 Å². The van der Waals surface area contributed by atoms with Crippen molar-refractivity contribution in [2.75, 3.05) is 4.31 Å². The highest BCUT2D eigenvalue weighted by Gasteiger charge is 2.49. The number of anilines is 1. The fraction of sp³-hybridized carbons (Fsp3) is 0.133. The smallest absolute Gasteiger partial charge is 0.265 e. The maximum absolute atomic E-state index is 14.0. The lowest BCUT2D eigenvalue weighted by Crippen LogP contribution is -2.45. The average Bonchev–Trinajstić information content (AvgIpc) is 3.24. The minimum Gasteiger partial charge on any atom is -0.294 e. The summed E-state index contributed by atoms with van der Waals surface area (Å²) in [7, 11) is -4.10. The number of hydrogen-bond donors (Lipinski definition) is 0. The van der Waals surface area contributed by atoms with E-state index in [0.29, 0.717) is 22.4 Å². The molecule has 0 fully saturated rings. The molecule has 1 aliphatic heterocycles. The fourth-order valence-corrected chi connectivity index (χ4v) is 6.49. The predicted molar refractivity (Wildman–Crippen MR) is 140 cm³/mol. The number of fused-ring (bicyclic) bond motifs is 1. The van der Waals surface area contributed by atoms with Crippen molar-refractivity contribution in [1.29, 1.82) is 0 Å². The number of benzene rings is 4. The van der Waals surface area contributed by atoms with Crippen molar-refractivity contribution < 1.29 is 18.0 Å². The van der Waals surface area contributed by atoms with Crippen molar-refractivity contribution in [3.63, 3.8) is 0 Å². The van der Waals surface area contributed by atoms with Crippen LogP contribution in [0.4, 0.5) is 5.69 Å². The summed E-state index contributed by atoms with van der Waals surface area (Å²) in [6.45, 7) is 1.88. The van der Waals surface area contributed by atoms with E-state index in [0.717, 1.165) is 5.56 Å². The Balaban J connectivity index is 1.66. The summed E-state index contributed by atoms with van der Waals surface area (Å²) >= 11 is 0. The van der Waals surface area contributed by atoms with E-state index in [2.05, 4.69) is 0 Å². The first-order chi connectivity index (χ1) is 17.4. The zero-order valence-electron chi connectivity index (χ0n) is 19.7. The average molecular weight is 496 g/mol. The van der Waals surface area contributed by atoms with Crippen molar-refractivity contribution in [2.24, 2.45) is 0 Å². The van der Waals surface area contributed by atoms with Crippen molar-refractivity contribution in [2.45, 2.75) is 30.2 Å². The van der Waals surface area contributed by atoms with Crippen LogP contribution in [0.5, 0.6) is 0 Å². The van der Waals surface area contributed by atoms with Crippen LogP contribution in [0, 0.1) is 6.92 Å². The molecule has 0 unspecified atom stereocenters. The summed E-state index contributed by atoms with van der Waals surface area (Å²) in [4.78, 5) is 27.4. The summed E-state index contributed by atoms with van der Waals surface area (Å²) in [6.07, 6.45) is 0.00415. The van der Waals surface area contributed by atoms with E-state index < -0.39 is 22.0 Å². The Morgan fingerprint density at radius 3 is 1.92 bits per heavy atom. The number of para-hydroxylation sites is 1. The van der Waals surface area contributed by atoms with Crippen LogP contribution < -0.4 is 4.31 Å². The molecular formula is C30H25NO4S. The van der Waals surface area contributed by atoms with Gasteiger partial charge in [-0.25, -0.2) is 8.42 Å². The first kappa shape index (κ1) is 23.7. The molecule has 4 aromatic rings. The molecule has 0 bridgehead atoms. The molecule has 6 heteroatoms. The maximum atomic E-state index is 14.0. The summed E-state index contributed by atoms with van der Waals surface area (Å²) < 4.78 is 29.3. The standard InChI is InChI=1S/C30H25NO4S/c1-21-16-18-24(19-17-21)36(34,35)31-27-15-9-8-14-25(27)26(20-28(32)22-10-4-2-5-11-22)29(31)30(33)23-12-6-3-7-13-23/h2-19,26,29H,20H2,1H3/t26-,29+/m1/s1. The van der Waals surface area contributed by atoms with Crippen molar-refractivity contribution >= 4 is 27.3 Å². The second kappa shape index (κ2) is 9.55. The van der Waals surface area contributed by atoms with Crippen LogP contribution in [0.15, 0.2) is 114 Å². The molecular weight excluding hydrogens is 470 g/mol. The summed E-state index contributed by atoms with van der Waals surface area (Å²) in [5.41, 5.74) is 2.96. The normalized spacial score (nSPS) is 17.0. The molecule has 1 aliphatic rings. The predicted octanol–water partition coefficient (Wildman–Crippen LogP) is 5.81. The molecule has 0 aromatic heterocycles. The Bertz CT molecular complexity index is 1510. The van der Waals surface area contributed by atoms with Crippen LogP contribution in [0.2, 0.25) is 0 Å². The molecule has 5 rings (SSSR count). The van der Waals surface area contributed by atoms with Crippen LogP contribution in [0.3, 0.4) is 0 Å². The van der Waals surface area contributed by atoms with E-state index >= 15 is 0 Å². The van der Waals surface area contributed by atoms with Gasteiger partial charge in [-0.3, -0.25) is 13.9 Å². The third-order valence-electron chi connectivity index (χ3n) is 6.61. The van der Waals surface area contributed by atoms with Crippen LogP contribution >= 0.6 is 0 Å². The Kier molecular flexibility index (Phi) is 6.29. The van der Waals surface area contributed by atoms with Gasteiger partial charge in [0.25, 0.3) is 10.0 Å². The van der Waals surface area contributed by atoms with Gasteiger partial charge in [0.1, 0.15) is 6.04 Å².